The van der Waals surface area contributed by atoms with E-state index in [4.69, 9.17) is 4.74 Å². The number of H-pyrrole nitrogens is 1. The zero-order valence-electron chi connectivity index (χ0n) is 12.6. The first-order valence-corrected chi connectivity index (χ1v) is 7.32. The van der Waals surface area contributed by atoms with E-state index in [2.05, 4.69) is 4.98 Å². The maximum absolute atomic E-state index is 13.6. The van der Waals surface area contributed by atoms with Crippen LogP contribution in [0.25, 0.3) is 22.4 Å². The third kappa shape index (κ3) is 2.27. The summed E-state index contributed by atoms with van der Waals surface area (Å²) >= 11 is 0. The van der Waals surface area contributed by atoms with Crippen molar-refractivity contribution in [1.82, 2.24) is 4.98 Å². The summed E-state index contributed by atoms with van der Waals surface area (Å²) in [5.74, 6) is -5.12. The highest BCUT2D eigenvalue weighted by Gasteiger charge is 2.29. The van der Waals surface area contributed by atoms with E-state index in [-0.39, 0.29) is 23.4 Å². The summed E-state index contributed by atoms with van der Waals surface area (Å²) in [6.45, 7) is 0.0199. The van der Waals surface area contributed by atoms with E-state index in [0.717, 1.165) is 12.1 Å². The predicted octanol–water partition coefficient (Wildman–Crippen LogP) is 4.36. The molecule has 0 spiro atoms. The first-order chi connectivity index (χ1) is 12.0. The molecule has 0 radical (unpaired) electrons. The first kappa shape index (κ1) is 15.3. The first-order valence-electron chi connectivity index (χ1n) is 7.32. The molecule has 0 amide bonds. The third-order valence-corrected chi connectivity index (χ3v) is 4.12. The molecule has 4 nitrogen and oxygen atoms in total. The number of aromatic amines is 1. The Labute approximate surface area is 139 Å². The molecule has 0 atom stereocenters. The molecule has 0 aliphatic carbocycles. The summed E-state index contributed by atoms with van der Waals surface area (Å²) in [7, 11) is 0. The Kier molecular flexibility index (Phi) is 3.31. The number of benzene rings is 2. The maximum Gasteiger partial charge on any atom is 0.352 e. The molecular formula is C18H10F3NO3. The standard InChI is InChI=1S/C18H10F3NO3/c19-11-5-8(6-12(20)15(11)21)14-10-7-25-13-4-2-1-3-9(13)16(10)22-17(14)18(23)24/h1-6,22H,7H2,(H,23,24). The Bertz CT molecular complexity index is 1000. The van der Waals surface area contributed by atoms with Gasteiger partial charge < -0.3 is 14.8 Å². The molecule has 3 aromatic rings. The fourth-order valence-corrected chi connectivity index (χ4v) is 3.04. The van der Waals surface area contributed by atoms with Gasteiger partial charge >= 0.3 is 5.97 Å². The molecule has 126 valence electrons. The highest BCUT2D eigenvalue weighted by atomic mass is 19.2. The topological polar surface area (TPSA) is 62.3 Å². The van der Waals surface area contributed by atoms with E-state index in [9.17, 15) is 23.1 Å². The minimum Gasteiger partial charge on any atom is -0.488 e. The zero-order valence-corrected chi connectivity index (χ0v) is 12.6. The third-order valence-electron chi connectivity index (χ3n) is 4.12. The number of para-hydroxylation sites is 1. The number of fused-ring (bicyclic) bond motifs is 3. The number of rotatable bonds is 2. The second-order valence-corrected chi connectivity index (χ2v) is 5.57. The summed E-state index contributed by atoms with van der Waals surface area (Å²) in [5, 5.41) is 9.48. The lowest BCUT2D eigenvalue weighted by atomic mass is 9.96. The van der Waals surface area contributed by atoms with Crippen LogP contribution in [0.1, 0.15) is 16.1 Å². The van der Waals surface area contributed by atoms with Crippen molar-refractivity contribution in [1.29, 1.82) is 0 Å². The monoisotopic (exact) mass is 345 g/mol. The van der Waals surface area contributed by atoms with Crippen molar-refractivity contribution in [2.75, 3.05) is 0 Å². The Morgan fingerprint density at radius 3 is 2.48 bits per heavy atom. The molecule has 7 heteroatoms. The van der Waals surface area contributed by atoms with Crippen LogP contribution in [0.5, 0.6) is 5.75 Å². The van der Waals surface area contributed by atoms with Gasteiger partial charge in [-0.3, -0.25) is 0 Å². The number of aromatic carboxylic acids is 1. The number of hydrogen-bond acceptors (Lipinski definition) is 2. The van der Waals surface area contributed by atoms with Gasteiger partial charge in [-0.15, -0.1) is 0 Å². The van der Waals surface area contributed by atoms with Gasteiger partial charge in [-0.25, -0.2) is 18.0 Å². The van der Waals surface area contributed by atoms with Crippen LogP contribution in [0.3, 0.4) is 0 Å². The second kappa shape index (κ2) is 5.41. The molecule has 1 aromatic heterocycles. The van der Waals surface area contributed by atoms with Gasteiger partial charge in [0.05, 0.1) is 5.69 Å². The van der Waals surface area contributed by atoms with E-state index in [1.807, 2.05) is 0 Å². The van der Waals surface area contributed by atoms with E-state index in [1.165, 1.54) is 0 Å². The van der Waals surface area contributed by atoms with E-state index in [0.29, 0.717) is 22.6 Å². The molecule has 25 heavy (non-hydrogen) atoms. The van der Waals surface area contributed by atoms with Crippen LogP contribution in [0.15, 0.2) is 36.4 Å². The molecule has 0 saturated heterocycles. The van der Waals surface area contributed by atoms with E-state index in [1.54, 1.807) is 24.3 Å². The average Bonchev–Trinajstić information content (AvgIpc) is 2.99. The molecule has 0 bridgehead atoms. The largest absolute Gasteiger partial charge is 0.488 e. The summed E-state index contributed by atoms with van der Waals surface area (Å²) in [6.07, 6.45) is 0. The van der Waals surface area contributed by atoms with Gasteiger partial charge in [-0.1, -0.05) is 12.1 Å². The van der Waals surface area contributed by atoms with Gasteiger partial charge in [0, 0.05) is 16.7 Å². The Morgan fingerprint density at radius 1 is 1.12 bits per heavy atom. The van der Waals surface area contributed by atoms with Crippen molar-refractivity contribution in [3.63, 3.8) is 0 Å². The molecule has 2 heterocycles. The number of carboxylic acid groups (broad SMARTS) is 1. The SMILES string of the molecule is O=C(O)c1[nH]c2c(c1-c1cc(F)c(F)c(F)c1)COc1ccccc1-2. The lowest BCUT2D eigenvalue weighted by Crippen LogP contribution is -2.05. The minimum atomic E-state index is -1.60. The van der Waals surface area contributed by atoms with E-state index < -0.39 is 23.4 Å². The smallest absolute Gasteiger partial charge is 0.352 e. The number of halogens is 3. The Morgan fingerprint density at radius 2 is 1.80 bits per heavy atom. The lowest BCUT2D eigenvalue weighted by Gasteiger charge is -2.18. The van der Waals surface area contributed by atoms with Crippen LogP contribution in [0.2, 0.25) is 0 Å². The number of aromatic nitrogens is 1. The quantitative estimate of drug-likeness (QED) is 0.679. The van der Waals surface area contributed by atoms with Crippen molar-refractivity contribution in [3.8, 4) is 28.1 Å². The van der Waals surface area contributed by atoms with Gasteiger partial charge in [-0.05, 0) is 29.8 Å². The Hall–Kier alpha value is -3.22. The molecular weight excluding hydrogens is 335 g/mol. The van der Waals surface area contributed by atoms with Gasteiger partial charge in [-0.2, -0.15) is 0 Å². The van der Waals surface area contributed by atoms with Crippen molar-refractivity contribution >= 4 is 5.97 Å². The van der Waals surface area contributed by atoms with Crippen molar-refractivity contribution in [2.45, 2.75) is 6.61 Å². The average molecular weight is 345 g/mol. The molecule has 0 fully saturated rings. The summed E-state index contributed by atoms with van der Waals surface area (Å²) in [6, 6.07) is 8.55. The fraction of sp³-hybridized carbons (Fsp3) is 0.0556. The van der Waals surface area contributed by atoms with Crippen LogP contribution in [0.4, 0.5) is 13.2 Å². The van der Waals surface area contributed by atoms with Crippen LogP contribution >= 0.6 is 0 Å². The Balaban J connectivity index is 2.02. The molecule has 0 saturated carbocycles. The molecule has 4 rings (SSSR count). The predicted molar refractivity (Wildman–Crippen MR) is 82.8 cm³/mol. The number of carbonyl (C=O) groups is 1. The van der Waals surface area contributed by atoms with Crippen molar-refractivity contribution < 1.29 is 27.8 Å². The van der Waals surface area contributed by atoms with Gasteiger partial charge in [0.15, 0.2) is 17.5 Å². The number of ether oxygens (including phenoxy) is 1. The summed E-state index contributed by atoms with van der Waals surface area (Å²) in [5.41, 5.74) is 1.35. The number of nitrogens with one attached hydrogen (secondary N) is 1. The van der Waals surface area contributed by atoms with Crippen LogP contribution < -0.4 is 4.74 Å². The fourth-order valence-electron chi connectivity index (χ4n) is 3.04. The molecule has 2 aromatic carbocycles. The van der Waals surface area contributed by atoms with Crippen LogP contribution in [0, 0.1) is 17.5 Å². The number of hydrogen-bond donors (Lipinski definition) is 2. The van der Waals surface area contributed by atoms with Gasteiger partial charge in [0.25, 0.3) is 0 Å². The van der Waals surface area contributed by atoms with Crippen molar-refractivity contribution in [3.05, 3.63) is 65.1 Å². The second-order valence-electron chi connectivity index (χ2n) is 5.57. The van der Waals surface area contributed by atoms with E-state index >= 15 is 0 Å². The summed E-state index contributed by atoms with van der Waals surface area (Å²) in [4.78, 5) is 14.4. The van der Waals surface area contributed by atoms with Crippen LogP contribution in [-0.4, -0.2) is 16.1 Å². The maximum atomic E-state index is 13.6. The lowest BCUT2D eigenvalue weighted by molar-refractivity contribution is 0.0692. The highest BCUT2D eigenvalue weighted by molar-refractivity contribution is 5.99. The molecule has 1 aliphatic heterocycles. The zero-order chi connectivity index (χ0) is 17.7. The van der Waals surface area contributed by atoms with Gasteiger partial charge in [0.1, 0.15) is 18.1 Å². The molecule has 1 aliphatic rings. The number of carboxylic acids is 1. The normalized spacial score (nSPS) is 12.3. The highest BCUT2D eigenvalue weighted by Crippen LogP contribution is 2.43. The van der Waals surface area contributed by atoms with Gasteiger partial charge in [0.2, 0.25) is 0 Å². The van der Waals surface area contributed by atoms with Crippen molar-refractivity contribution in [2.24, 2.45) is 0 Å². The minimum absolute atomic E-state index is 0.0199. The summed E-state index contributed by atoms with van der Waals surface area (Å²) < 4.78 is 46.1. The molecule has 2 N–H and O–H groups in total. The van der Waals surface area contributed by atoms with Crippen LogP contribution in [-0.2, 0) is 6.61 Å². The molecule has 0 unspecified atom stereocenters.